The quantitative estimate of drug-likeness (QED) is 0.853. The normalized spacial score (nSPS) is 21.3. The number of nitrogens with one attached hydrogen (secondary N) is 2. The van der Waals surface area contributed by atoms with Gasteiger partial charge in [0.05, 0.1) is 17.1 Å². The Morgan fingerprint density at radius 3 is 2.74 bits per heavy atom. The van der Waals surface area contributed by atoms with Crippen LogP contribution in [0, 0.1) is 5.92 Å². The van der Waals surface area contributed by atoms with Crippen molar-refractivity contribution in [1.82, 2.24) is 5.32 Å². The lowest BCUT2D eigenvalue weighted by Crippen LogP contribution is -2.45. The lowest BCUT2D eigenvalue weighted by Gasteiger charge is -2.42. The molecule has 1 aromatic rings. The fourth-order valence-electron chi connectivity index (χ4n) is 4.34. The second-order valence-electron chi connectivity index (χ2n) is 7.59. The molecule has 3 heteroatoms. The minimum atomic E-state index is 0.500. The van der Waals surface area contributed by atoms with E-state index < -0.39 is 0 Å². The van der Waals surface area contributed by atoms with Gasteiger partial charge in [0.2, 0.25) is 0 Å². The summed E-state index contributed by atoms with van der Waals surface area (Å²) >= 11 is 0. The van der Waals surface area contributed by atoms with Gasteiger partial charge in [-0.15, -0.1) is 0 Å². The molecule has 1 fully saturated rings. The minimum absolute atomic E-state index is 0.500. The first-order chi connectivity index (χ1) is 11.2. The van der Waals surface area contributed by atoms with Gasteiger partial charge in [-0.25, -0.2) is 0 Å². The second kappa shape index (κ2) is 6.10. The van der Waals surface area contributed by atoms with Crippen molar-refractivity contribution in [3.05, 3.63) is 35.3 Å². The summed E-state index contributed by atoms with van der Waals surface area (Å²) in [5, 5.41) is 7.69. The standard InChI is InChI=1S/C20H29N3/c1-14(2)18-20(21-16-10-4-3-5-11-16)23-13-7-9-15-8-6-12-17(22-18)19(15)23/h6,8,12,14,16,21-22H,3-5,7,9-11,13H2,1-2H3. The Bertz CT molecular complexity index is 611. The van der Waals surface area contributed by atoms with E-state index in [2.05, 4.69) is 47.6 Å². The summed E-state index contributed by atoms with van der Waals surface area (Å²) in [6, 6.07) is 7.37. The number of para-hydroxylation sites is 1. The third kappa shape index (κ3) is 2.71. The Kier molecular flexibility index (Phi) is 3.96. The van der Waals surface area contributed by atoms with Crippen LogP contribution in [0.15, 0.2) is 29.7 Å². The van der Waals surface area contributed by atoms with Crippen LogP contribution in [0.3, 0.4) is 0 Å². The van der Waals surface area contributed by atoms with E-state index in [9.17, 15) is 0 Å². The molecule has 1 aliphatic carbocycles. The van der Waals surface area contributed by atoms with Crippen LogP contribution in [0.2, 0.25) is 0 Å². The average molecular weight is 311 g/mol. The Balaban J connectivity index is 1.72. The van der Waals surface area contributed by atoms with Crippen LogP contribution in [0.1, 0.15) is 57.9 Å². The van der Waals surface area contributed by atoms with E-state index in [0.29, 0.717) is 12.0 Å². The Morgan fingerprint density at radius 2 is 1.96 bits per heavy atom. The van der Waals surface area contributed by atoms with Crippen LogP contribution in [0.4, 0.5) is 11.4 Å². The highest BCUT2D eigenvalue weighted by Crippen LogP contribution is 2.42. The number of nitrogens with zero attached hydrogens (tertiary/aromatic N) is 1. The molecule has 2 heterocycles. The Morgan fingerprint density at radius 1 is 1.13 bits per heavy atom. The van der Waals surface area contributed by atoms with Gasteiger partial charge in [0.1, 0.15) is 5.82 Å². The van der Waals surface area contributed by atoms with Crippen LogP contribution < -0.4 is 15.5 Å². The van der Waals surface area contributed by atoms with Gasteiger partial charge in [-0.1, -0.05) is 45.2 Å². The van der Waals surface area contributed by atoms with E-state index in [4.69, 9.17) is 0 Å². The molecule has 23 heavy (non-hydrogen) atoms. The maximum absolute atomic E-state index is 3.94. The molecule has 0 bridgehead atoms. The molecule has 3 nitrogen and oxygen atoms in total. The summed E-state index contributed by atoms with van der Waals surface area (Å²) in [6.07, 6.45) is 9.23. The van der Waals surface area contributed by atoms with Crippen LogP contribution in [-0.4, -0.2) is 12.6 Å². The average Bonchev–Trinajstić information content (AvgIpc) is 2.58. The summed E-state index contributed by atoms with van der Waals surface area (Å²) < 4.78 is 0. The third-order valence-corrected chi connectivity index (χ3v) is 5.54. The molecule has 0 unspecified atom stereocenters. The van der Waals surface area contributed by atoms with E-state index in [-0.39, 0.29) is 0 Å². The van der Waals surface area contributed by atoms with E-state index in [1.807, 2.05) is 0 Å². The van der Waals surface area contributed by atoms with E-state index >= 15 is 0 Å². The first-order valence-corrected chi connectivity index (χ1v) is 9.41. The van der Waals surface area contributed by atoms with Gasteiger partial charge in [0, 0.05) is 12.6 Å². The number of hydrogen-bond acceptors (Lipinski definition) is 3. The molecule has 2 N–H and O–H groups in total. The summed E-state index contributed by atoms with van der Waals surface area (Å²) in [6.45, 7) is 5.73. The smallest absolute Gasteiger partial charge is 0.126 e. The Hall–Kier alpha value is -1.64. The highest BCUT2D eigenvalue weighted by molar-refractivity contribution is 5.81. The van der Waals surface area contributed by atoms with Crippen molar-refractivity contribution in [2.45, 2.75) is 64.8 Å². The second-order valence-corrected chi connectivity index (χ2v) is 7.59. The third-order valence-electron chi connectivity index (χ3n) is 5.54. The van der Waals surface area contributed by atoms with E-state index in [1.54, 1.807) is 0 Å². The minimum Gasteiger partial charge on any atom is -0.367 e. The molecule has 1 aromatic carbocycles. The summed E-state index contributed by atoms with van der Waals surface area (Å²) in [7, 11) is 0. The van der Waals surface area contributed by atoms with Crippen LogP contribution >= 0.6 is 0 Å². The highest BCUT2D eigenvalue weighted by Gasteiger charge is 2.31. The molecular weight excluding hydrogens is 282 g/mol. The molecule has 0 spiro atoms. The van der Waals surface area contributed by atoms with Crippen LogP contribution in [0.25, 0.3) is 0 Å². The zero-order chi connectivity index (χ0) is 15.8. The maximum Gasteiger partial charge on any atom is 0.126 e. The highest BCUT2D eigenvalue weighted by atomic mass is 15.3. The number of hydrogen-bond donors (Lipinski definition) is 2. The molecule has 2 aliphatic heterocycles. The lowest BCUT2D eigenvalue weighted by molar-refractivity contribution is 0.389. The predicted molar refractivity (Wildman–Crippen MR) is 97.6 cm³/mol. The molecule has 1 saturated carbocycles. The zero-order valence-corrected chi connectivity index (χ0v) is 14.5. The van der Waals surface area contributed by atoms with Crippen molar-refractivity contribution in [3.8, 4) is 0 Å². The molecule has 0 aromatic heterocycles. The molecule has 0 radical (unpaired) electrons. The first-order valence-electron chi connectivity index (χ1n) is 9.41. The van der Waals surface area contributed by atoms with Gasteiger partial charge < -0.3 is 15.5 Å². The van der Waals surface area contributed by atoms with Crippen molar-refractivity contribution in [1.29, 1.82) is 0 Å². The fraction of sp³-hybridized carbons (Fsp3) is 0.600. The van der Waals surface area contributed by atoms with Crippen molar-refractivity contribution in [2.75, 3.05) is 16.8 Å². The molecular formula is C20H29N3. The number of benzene rings is 1. The molecule has 124 valence electrons. The Labute approximate surface area is 140 Å². The largest absolute Gasteiger partial charge is 0.367 e. The molecule has 4 rings (SSSR count). The number of aryl methyl sites for hydroxylation is 1. The van der Waals surface area contributed by atoms with Crippen molar-refractivity contribution >= 4 is 11.4 Å². The maximum atomic E-state index is 3.94. The van der Waals surface area contributed by atoms with Gasteiger partial charge in [-0.05, 0) is 43.2 Å². The van der Waals surface area contributed by atoms with Crippen LogP contribution in [0.5, 0.6) is 0 Å². The van der Waals surface area contributed by atoms with Gasteiger partial charge >= 0.3 is 0 Å². The van der Waals surface area contributed by atoms with E-state index in [1.165, 1.54) is 73.4 Å². The molecule has 3 aliphatic rings. The summed E-state index contributed by atoms with van der Waals surface area (Å²) in [5.74, 6) is 1.85. The monoisotopic (exact) mass is 311 g/mol. The zero-order valence-electron chi connectivity index (χ0n) is 14.5. The first kappa shape index (κ1) is 14.9. The summed E-state index contributed by atoms with van der Waals surface area (Å²) in [5.41, 5.74) is 5.57. The van der Waals surface area contributed by atoms with Crippen molar-refractivity contribution in [3.63, 3.8) is 0 Å². The van der Waals surface area contributed by atoms with Crippen molar-refractivity contribution in [2.24, 2.45) is 5.92 Å². The molecule has 0 saturated heterocycles. The number of anilines is 2. The number of rotatable bonds is 3. The summed E-state index contributed by atoms with van der Waals surface area (Å²) in [4.78, 5) is 2.56. The van der Waals surface area contributed by atoms with Gasteiger partial charge in [-0.2, -0.15) is 0 Å². The topological polar surface area (TPSA) is 27.3 Å². The number of allylic oxidation sites excluding steroid dienone is 1. The van der Waals surface area contributed by atoms with E-state index in [0.717, 1.165) is 6.54 Å². The van der Waals surface area contributed by atoms with Gasteiger partial charge in [-0.3, -0.25) is 0 Å². The molecule has 0 amide bonds. The SMILES string of the molecule is CC(C)C1=C(NC2CCCCC2)N2CCCc3cccc(c32)N1. The fourth-order valence-corrected chi connectivity index (χ4v) is 4.34. The van der Waals surface area contributed by atoms with Gasteiger partial charge in [0.15, 0.2) is 0 Å². The van der Waals surface area contributed by atoms with Gasteiger partial charge in [0.25, 0.3) is 0 Å². The van der Waals surface area contributed by atoms with Crippen LogP contribution in [-0.2, 0) is 6.42 Å². The predicted octanol–water partition coefficient (Wildman–Crippen LogP) is 4.61. The molecule has 0 atom stereocenters. The van der Waals surface area contributed by atoms with Crippen molar-refractivity contribution < 1.29 is 0 Å². The lowest BCUT2D eigenvalue weighted by atomic mass is 9.94.